The number of hydrogen-bond donors (Lipinski definition) is 0. The van der Waals surface area contributed by atoms with E-state index in [0.29, 0.717) is 17.4 Å². The Kier molecular flexibility index (Phi) is 35.1. The summed E-state index contributed by atoms with van der Waals surface area (Å²) in [6.45, 7) is 4.19. The fourth-order valence-corrected chi connectivity index (χ4v) is 6.53. The van der Waals surface area contributed by atoms with Gasteiger partial charge in [0.25, 0.3) is 7.82 Å². The van der Waals surface area contributed by atoms with Crippen molar-refractivity contribution in [1.82, 2.24) is 0 Å². The zero-order chi connectivity index (χ0) is 39.3. The molecule has 2 atom stereocenters. The summed E-state index contributed by atoms with van der Waals surface area (Å²) in [7, 11) is 1.16. The van der Waals surface area contributed by atoms with E-state index < -0.39 is 26.5 Å². The third-order valence-electron chi connectivity index (χ3n) is 9.22. The molecule has 0 aliphatic rings. The molecule has 0 aromatic carbocycles. The van der Waals surface area contributed by atoms with Crippen molar-refractivity contribution in [1.29, 1.82) is 0 Å². The summed E-state index contributed by atoms with van der Waals surface area (Å²) in [6.07, 6.45) is 37.6. The largest absolute Gasteiger partial charge is 0.756 e. The summed E-state index contributed by atoms with van der Waals surface area (Å²) < 4.78 is 33.9. The van der Waals surface area contributed by atoms with Crippen LogP contribution in [0.3, 0.4) is 0 Å². The van der Waals surface area contributed by atoms with Crippen LogP contribution in [0.1, 0.15) is 187 Å². The number of likely N-dealkylation sites (N-methyl/N-ethyl adjacent to an activating group) is 1. The van der Waals surface area contributed by atoms with Crippen molar-refractivity contribution in [3.63, 3.8) is 0 Å². The van der Waals surface area contributed by atoms with Crippen LogP contribution in [0.5, 0.6) is 0 Å². The lowest BCUT2D eigenvalue weighted by Gasteiger charge is -2.28. The Labute approximate surface area is 326 Å². The maximum absolute atomic E-state index is 12.7. The van der Waals surface area contributed by atoms with Crippen LogP contribution in [-0.4, -0.2) is 70.0 Å². The molecule has 0 saturated heterocycles. The van der Waals surface area contributed by atoms with E-state index >= 15 is 0 Å². The Morgan fingerprint density at radius 3 is 1.53 bits per heavy atom. The molecule has 0 heterocycles. The molecule has 0 aromatic heterocycles. The highest BCUT2D eigenvalue weighted by Gasteiger charge is 2.21. The minimum absolute atomic E-state index is 0.0314. The van der Waals surface area contributed by atoms with Crippen LogP contribution < -0.4 is 4.89 Å². The first-order valence-corrected chi connectivity index (χ1v) is 23.0. The van der Waals surface area contributed by atoms with Gasteiger partial charge in [-0.15, -0.1) is 0 Å². The van der Waals surface area contributed by atoms with Crippen molar-refractivity contribution in [3.05, 3.63) is 24.3 Å². The van der Waals surface area contributed by atoms with Crippen molar-refractivity contribution in [2.45, 2.75) is 193 Å². The fraction of sp³-hybridized carbons (Fsp3) is 0.860. The van der Waals surface area contributed by atoms with Crippen molar-refractivity contribution >= 4 is 19.8 Å². The summed E-state index contributed by atoms with van der Waals surface area (Å²) in [5.41, 5.74) is 0. The molecule has 0 aromatic rings. The van der Waals surface area contributed by atoms with Crippen molar-refractivity contribution < 1.29 is 42.1 Å². The molecule has 0 radical (unpaired) electrons. The summed E-state index contributed by atoms with van der Waals surface area (Å²) in [5.74, 6) is -0.842. The monoisotopic (exact) mass is 772 g/mol. The smallest absolute Gasteiger partial charge is 0.306 e. The Morgan fingerprint density at radius 2 is 1.02 bits per heavy atom. The Bertz CT molecular complexity index is 964. The minimum Gasteiger partial charge on any atom is -0.756 e. The van der Waals surface area contributed by atoms with E-state index in [1.165, 1.54) is 96.3 Å². The average molecular weight is 772 g/mol. The number of rotatable bonds is 39. The van der Waals surface area contributed by atoms with Crippen LogP contribution in [0.15, 0.2) is 24.3 Å². The quantitative estimate of drug-likeness (QED) is 0.0200. The molecule has 9 nitrogen and oxygen atoms in total. The number of phosphoric acid groups is 1. The first-order valence-electron chi connectivity index (χ1n) is 21.5. The van der Waals surface area contributed by atoms with Gasteiger partial charge in [0.1, 0.15) is 19.8 Å². The number of hydrogen-bond acceptors (Lipinski definition) is 8. The van der Waals surface area contributed by atoms with Crippen LogP contribution in [0.2, 0.25) is 0 Å². The van der Waals surface area contributed by atoms with Gasteiger partial charge in [0, 0.05) is 12.8 Å². The van der Waals surface area contributed by atoms with Gasteiger partial charge in [0.05, 0.1) is 27.7 Å². The predicted octanol–water partition coefficient (Wildman–Crippen LogP) is 11.3. The van der Waals surface area contributed by atoms with E-state index in [4.69, 9.17) is 18.5 Å². The zero-order valence-corrected chi connectivity index (χ0v) is 35.9. The molecule has 0 N–H and O–H groups in total. The van der Waals surface area contributed by atoms with E-state index in [0.717, 1.165) is 57.8 Å². The van der Waals surface area contributed by atoms with Gasteiger partial charge in [0.2, 0.25) is 0 Å². The standard InChI is InChI=1S/C43H82NO8P/c1-6-8-10-12-14-16-18-20-21-22-24-26-28-30-32-34-36-43(46)52-41(40-51-53(47,48)50-38-37-44(3,4)5)39-49-42(45)35-33-31-29-27-25-23-19-17-15-13-11-9-7-2/h14,16,20-21,41H,6-13,15,17-19,22-40H2,1-5H3/b16-14-,21-20-/t41-/m1/s1. The Hall–Kier alpha value is -1.51. The summed E-state index contributed by atoms with van der Waals surface area (Å²) in [6, 6.07) is 0. The molecule has 0 spiro atoms. The van der Waals surface area contributed by atoms with E-state index in [1.54, 1.807) is 0 Å². The maximum atomic E-state index is 12.7. The van der Waals surface area contributed by atoms with Gasteiger partial charge in [-0.2, -0.15) is 0 Å². The highest BCUT2D eigenvalue weighted by atomic mass is 31.2. The summed E-state index contributed by atoms with van der Waals surface area (Å²) >= 11 is 0. The second-order valence-electron chi connectivity index (χ2n) is 15.7. The average Bonchev–Trinajstić information content (AvgIpc) is 3.10. The molecule has 312 valence electrons. The van der Waals surface area contributed by atoms with Crippen LogP contribution in [0, 0.1) is 0 Å². The van der Waals surface area contributed by atoms with Gasteiger partial charge in [0.15, 0.2) is 6.10 Å². The summed E-state index contributed by atoms with van der Waals surface area (Å²) in [5, 5.41) is 0. The summed E-state index contributed by atoms with van der Waals surface area (Å²) in [4.78, 5) is 37.5. The predicted molar refractivity (Wildman–Crippen MR) is 218 cm³/mol. The van der Waals surface area contributed by atoms with Crippen LogP contribution in [0.25, 0.3) is 0 Å². The van der Waals surface area contributed by atoms with E-state index in [1.807, 2.05) is 21.1 Å². The van der Waals surface area contributed by atoms with Crippen molar-refractivity contribution in [2.75, 3.05) is 47.5 Å². The lowest BCUT2D eigenvalue weighted by atomic mass is 10.0. The van der Waals surface area contributed by atoms with Crippen LogP contribution in [-0.2, 0) is 32.7 Å². The number of phosphoric ester groups is 1. The number of carbonyl (C=O) groups is 2. The number of esters is 2. The molecule has 0 bridgehead atoms. The van der Waals surface area contributed by atoms with Gasteiger partial charge in [-0.1, -0.05) is 154 Å². The van der Waals surface area contributed by atoms with E-state index in [-0.39, 0.29) is 32.0 Å². The second kappa shape index (κ2) is 36.1. The molecule has 0 saturated carbocycles. The Morgan fingerprint density at radius 1 is 0.585 bits per heavy atom. The lowest BCUT2D eigenvalue weighted by molar-refractivity contribution is -0.870. The van der Waals surface area contributed by atoms with Gasteiger partial charge < -0.3 is 27.9 Å². The molecular formula is C43H82NO8P. The first-order chi connectivity index (χ1) is 25.5. The third kappa shape index (κ3) is 40.0. The molecular weight excluding hydrogens is 689 g/mol. The molecule has 0 aliphatic carbocycles. The SMILES string of the molecule is CCCCC/C=C\C/C=C\CCCCCCCCC(=O)O[C@H](COC(=O)CCCCCCCCCCCCCCC)COP(=O)([O-])OCC[N+](C)(C)C. The highest BCUT2D eigenvalue weighted by Crippen LogP contribution is 2.38. The highest BCUT2D eigenvalue weighted by molar-refractivity contribution is 7.45. The molecule has 53 heavy (non-hydrogen) atoms. The molecule has 1 unspecified atom stereocenters. The number of allylic oxidation sites excluding steroid dienone is 4. The molecule has 0 amide bonds. The number of unbranched alkanes of at least 4 members (excludes halogenated alkanes) is 21. The number of carbonyl (C=O) groups excluding carboxylic acids is 2. The van der Waals surface area contributed by atoms with E-state index in [9.17, 15) is 19.0 Å². The molecule has 0 rings (SSSR count). The first kappa shape index (κ1) is 51.5. The zero-order valence-electron chi connectivity index (χ0n) is 35.0. The topological polar surface area (TPSA) is 111 Å². The van der Waals surface area contributed by atoms with Crippen molar-refractivity contribution in [3.8, 4) is 0 Å². The molecule has 10 heteroatoms. The number of quaternary nitrogens is 1. The number of ether oxygens (including phenoxy) is 2. The number of nitrogens with zero attached hydrogens (tertiary/aromatic N) is 1. The minimum atomic E-state index is -4.62. The second-order valence-corrected chi connectivity index (χ2v) is 17.1. The van der Waals surface area contributed by atoms with Crippen LogP contribution in [0.4, 0.5) is 0 Å². The van der Waals surface area contributed by atoms with Gasteiger partial charge in [-0.25, -0.2) is 0 Å². The molecule has 0 aliphatic heterocycles. The van der Waals surface area contributed by atoms with Crippen LogP contribution >= 0.6 is 7.82 Å². The molecule has 0 fully saturated rings. The van der Waals surface area contributed by atoms with Gasteiger partial charge in [-0.05, 0) is 44.9 Å². The van der Waals surface area contributed by atoms with Crippen molar-refractivity contribution in [2.24, 2.45) is 0 Å². The Balaban J connectivity index is 4.38. The fourth-order valence-electron chi connectivity index (χ4n) is 5.80. The third-order valence-corrected chi connectivity index (χ3v) is 10.2. The normalized spacial score (nSPS) is 13.8. The van der Waals surface area contributed by atoms with E-state index in [2.05, 4.69) is 38.2 Å². The van der Waals surface area contributed by atoms with Gasteiger partial charge in [-0.3, -0.25) is 14.2 Å². The maximum Gasteiger partial charge on any atom is 0.306 e. The lowest BCUT2D eigenvalue weighted by Crippen LogP contribution is -2.37. The van der Waals surface area contributed by atoms with Gasteiger partial charge >= 0.3 is 11.9 Å².